The Bertz CT molecular complexity index is 813. The molecule has 0 radical (unpaired) electrons. The van der Waals surface area contributed by atoms with Crippen LogP contribution in [0.2, 0.25) is 0 Å². The summed E-state index contributed by atoms with van der Waals surface area (Å²) in [6.07, 6.45) is 7.13. The highest BCUT2D eigenvalue weighted by atomic mass is 16.1. The number of rotatable bonds is 5. The standard InChI is InChI=1S/C19H25N5O/c25-19-8-7-18(14-5-6-14)21-24(19)13-17-4-1-9-22(17)12-15-11-16-3-2-10-23(16)20-15/h7-8,11,14,17H,1-6,9-10,12-13H2. The van der Waals surface area contributed by atoms with Gasteiger partial charge < -0.3 is 0 Å². The molecule has 0 amide bonds. The number of nitrogens with zero attached hydrogens (tertiary/aromatic N) is 5. The van der Waals surface area contributed by atoms with E-state index < -0.39 is 0 Å². The van der Waals surface area contributed by atoms with Crippen molar-refractivity contribution >= 4 is 0 Å². The predicted molar refractivity (Wildman–Crippen MR) is 94.5 cm³/mol. The van der Waals surface area contributed by atoms with Crippen molar-refractivity contribution in [1.82, 2.24) is 24.5 Å². The lowest BCUT2D eigenvalue weighted by atomic mass is 10.2. The van der Waals surface area contributed by atoms with E-state index in [2.05, 4.69) is 20.7 Å². The molecule has 3 aliphatic rings. The van der Waals surface area contributed by atoms with Gasteiger partial charge in [0.1, 0.15) is 0 Å². The van der Waals surface area contributed by atoms with Crippen LogP contribution in [-0.4, -0.2) is 37.0 Å². The largest absolute Gasteiger partial charge is 0.293 e. The Balaban J connectivity index is 1.31. The molecule has 4 heterocycles. The summed E-state index contributed by atoms with van der Waals surface area (Å²) in [5.41, 5.74) is 3.67. The van der Waals surface area contributed by atoms with E-state index in [0.717, 1.165) is 38.2 Å². The van der Waals surface area contributed by atoms with E-state index in [1.165, 1.54) is 37.1 Å². The topological polar surface area (TPSA) is 56.0 Å². The molecule has 132 valence electrons. The van der Waals surface area contributed by atoms with Crippen LogP contribution in [0.1, 0.15) is 55.1 Å². The lowest BCUT2D eigenvalue weighted by Gasteiger charge is -2.24. The Labute approximate surface area is 147 Å². The lowest BCUT2D eigenvalue weighted by Crippen LogP contribution is -2.37. The lowest BCUT2D eigenvalue weighted by molar-refractivity contribution is 0.213. The Morgan fingerprint density at radius 1 is 1.08 bits per heavy atom. The summed E-state index contributed by atoms with van der Waals surface area (Å²) < 4.78 is 3.86. The molecule has 5 rings (SSSR count). The van der Waals surface area contributed by atoms with Crippen LogP contribution in [0.5, 0.6) is 0 Å². The van der Waals surface area contributed by atoms with Crippen LogP contribution in [0.15, 0.2) is 23.0 Å². The van der Waals surface area contributed by atoms with E-state index in [0.29, 0.717) is 18.5 Å². The normalized spacial score (nSPS) is 23.3. The number of fused-ring (bicyclic) bond motifs is 1. The summed E-state index contributed by atoms with van der Waals surface area (Å²) in [4.78, 5) is 14.7. The fourth-order valence-corrected chi connectivity index (χ4v) is 4.31. The van der Waals surface area contributed by atoms with Crippen LogP contribution >= 0.6 is 0 Å². The number of aryl methyl sites for hydroxylation is 2. The Kier molecular flexibility index (Phi) is 3.73. The first-order valence-electron chi connectivity index (χ1n) is 9.64. The summed E-state index contributed by atoms with van der Waals surface area (Å²) >= 11 is 0. The van der Waals surface area contributed by atoms with Gasteiger partial charge in [-0.05, 0) is 57.2 Å². The van der Waals surface area contributed by atoms with Gasteiger partial charge >= 0.3 is 0 Å². The van der Waals surface area contributed by atoms with Crippen LogP contribution in [0.25, 0.3) is 0 Å². The molecule has 0 bridgehead atoms. The van der Waals surface area contributed by atoms with Crippen LogP contribution in [0, 0.1) is 0 Å². The quantitative estimate of drug-likeness (QED) is 0.835. The van der Waals surface area contributed by atoms with Crippen LogP contribution < -0.4 is 5.56 Å². The highest BCUT2D eigenvalue weighted by molar-refractivity contribution is 5.14. The molecule has 2 aromatic rings. The Hall–Kier alpha value is -1.95. The fraction of sp³-hybridized carbons (Fsp3) is 0.632. The van der Waals surface area contributed by atoms with Gasteiger partial charge in [0.25, 0.3) is 5.56 Å². The number of hydrogen-bond donors (Lipinski definition) is 0. The van der Waals surface area contributed by atoms with Crippen molar-refractivity contribution in [2.24, 2.45) is 0 Å². The molecule has 1 saturated heterocycles. The van der Waals surface area contributed by atoms with Gasteiger partial charge in [-0.3, -0.25) is 14.4 Å². The molecule has 0 aromatic carbocycles. The summed E-state index contributed by atoms with van der Waals surface area (Å²) in [5, 5.41) is 9.39. The maximum absolute atomic E-state index is 12.2. The first-order chi connectivity index (χ1) is 12.3. The van der Waals surface area contributed by atoms with Crippen molar-refractivity contribution < 1.29 is 0 Å². The summed E-state index contributed by atoms with van der Waals surface area (Å²) in [7, 11) is 0. The van der Waals surface area contributed by atoms with E-state index in [9.17, 15) is 4.79 Å². The molecule has 1 unspecified atom stereocenters. The van der Waals surface area contributed by atoms with Gasteiger partial charge in [-0.25, -0.2) is 4.68 Å². The molecule has 1 saturated carbocycles. The molecule has 1 aliphatic carbocycles. The van der Waals surface area contributed by atoms with E-state index in [1.807, 2.05) is 6.07 Å². The average Bonchev–Trinajstić information content (AvgIpc) is 3.02. The molecule has 1 atom stereocenters. The zero-order chi connectivity index (χ0) is 16.8. The third-order valence-electron chi connectivity index (χ3n) is 5.85. The molecule has 0 N–H and O–H groups in total. The van der Waals surface area contributed by atoms with Crippen LogP contribution in [0.3, 0.4) is 0 Å². The first kappa shape index (κ1) is 15.3. The minimum absolute atomic E-state index is 0.0252. The van der Waals surface area contributed by atoms with E-state index in [4.69, 9.17) is 5.10 Å². The second-order valence-corrected chi connectivity index (χ2v) is 7.77. The second kappa shape index (κ2) is 6.09. The smallest absolute Gasteiger partial charge is 0.266 e. The van der Waals surface area contributed by atoms with E-state index in [1.54, 1.807) is 10.7 Å². The predicted octanol–water partition coefficient (Wildman–Crippen LogP) is 1.93. The van der Waals surface area contributed by atoms with Crippen molar-refractivity contribution in [2.45, 2.75) is 70.1 Å². The second-order valence-electron chi connectivity index (χ2n) is 7.77. The highest BCUT2D eigenvalue weighted by Crippen LogP contribution is 2.38. The minimum atomic E-state index is 0.0252. The van der Waals surface area contributed by atoms with E-state index >= 15 is 0 Å². The van der Waals surface area contributed by atoms with Crippen molar-refractivity contribution in [3.63, 3.8) is 0 Å². The molecular weight excluding hydrogens is 314 g/mol. The molecule has 6 heteroatoms. The Morgan fingerprint density at radius 2 is 2.00 bits per heavy atom. The molecule has 2 fully saturated rings. The number of likely N-dealkylation sites (tertiary alicyclic amines) is 1. The monoisotopic (exact) mass is 339 g/mol. The molecule has 6 nitrogen and oxygen atoms in total. The summed E-state index contributed by atoms with van der Waals surface area (Å²) in [6, 6.07) is 6.26. The minimum Gasteiger partial charge on any atom is -0.293 e. The third kappa shape index (κ3) is 3.03. The van der Waals surface area contributed by atoms with Gasteiger partial charge in [-0.2, -0.15) is 10.2 Å². The van der Waals surface area contributed by atoms with E-state index in [-0.39, 0.29) is 5.56 Å². The molecule has 2 aliphatic heterocycles. The molecular formula is C19H25N5O. The fourth-order valence-electron chi connectivity index (χ4n) is 4.31. The van der Waals surface area contributed by atoms with Crippen molar-refractivity contribution in [3.8, 4) is 0 Å². The van der Waals surface area contributed by atoms with Gasteiger partial charge in [-0.15, -0.1) is 0 Å². The summed E-state index contributed by atoms with van der Waals surface area (Å²) in [5.74, 6) is 0.583. The maximum atomic E-state index is 12.2. The number of aromatic nitrogens is 4. The van der Waals surface area contributed by atoms with Crippen molar-refractivity contribution in [3.05, 3.63) is 45.6 Å². The average molecular weight is 339 g/mol. The SMILES string of the molecule is O=c1ccc(C2CC2)nn1CC1CCCN1Cc1cc2n(n1)CCC2. The maximum Gasteiger partial charge on any atom is 0.266 e. The molecule has 25 heavy (non-hydrogen) atoms. The highest BCUT2D eigenvalue weighted by Gasteiger charge is 2.29. The zero-order valence-corrected chi connectivity index (χ0v) is 14.6. The number of hydrogen-bond acceptors (Lipinski definition) is 4. The van der Waals surface area contributed by atoms with Crippen molar-refractivity contribution in [2.75, 3.05) is 6.54 Å². The summed E-state index contributed by atoms with van der Waals surface area (Å²) in [6.45, 7) is 3.74. The van der Waals surface area contributed by atoms with Crippen LogP contribution in [0.4, 0.5) is 0 Å². The van der Waals surface area contributed by atoms with Gasteiger partial charge in [0.05, 0.1) is 17.9 Å². The van der Waals surface area contributed by atoms with Gasteiger partial charge in [0, 0.05) is 36.8 Å². The Morgan fingerprint density at radius 3 is 2.84 bits per heavy atom. The van der Waals surface area contributed by atoms with Gasteiger partial charge in [0.15, 0.2) is 0 Å². The molecule has 2 aromatic heterocycles. The van der Waals surface area contributed by atoms with Gasteiger partial charge in [-0.1, -0.05) is 0 Å². The molecule has 0 spiro atoms. The third-order valence-corrected chi connectivity index (χ3v) is 5.85. The van der Waals surface area contributed by atoms with Crippen LogP contribution in [-0.2, 0) is 26.1 Å². The van der Waals surface area contributed by atoms with Crippen molar-refractivity contribution in [1.29, 1.82) is 0 Å². The first-order valence-corrected chi connectivity index (χ1v) is 9.64. The van der Waals surface area contributed by atoms with Gasteiger partial charge in [0.2, 0.25) is 0 Å². The zero-order valence-electron chi connectivity index (χ0n) is 14.6.